The maximum atomic E-state index is 5.49. The first-order valence-corrected chi connectivity index (χ1v) is 8.26. The van der Waals surface area contributed by atoms with Crippen molar-refractivity contribution in [3.05, 3.63) is 35.4 Å². The standard InChI is InChI=1S/C18H29N3O/c1-4-22-12-11-18(9-10-18)14-21-17(19-3)20-13-16-8-6-5-7-15(16)2/h5-8H,4,9-14H2,1-3H3,(H2,19,20,21). The molecule has 1 aliphatic rings. The Bertz CT molecular complexity index is 495. The minimum Gasteiger partial charge on any atom is -0.382 e. The van der Waals surface area contributed by atoms with Crippen LogP contribution in [0.15, 0.2) is 29.3 Å². The lowest BCUT2D eigenvalue weighted by Crippen LogP contribution is -2.40. The van der Waals surface area contributed by atoms with E-state index < -0.39 is 0 Å². The van der Waals surface area contributed by atoms with E-state index >= 15 is 0 Å². The molecule has 1 fully saturated rings. The molecule has 1 aromatic carbocycles. The second kappa shape index (κ2) is 8.18. The fraction of sp³-hybridized carbons (Fsp3) is 0.611. The van der Waals surface area contributed by atoms with Crippen LogP contribution in [0.2, 0.25) is 0 Å². The van der Waals surface area contributed by atoms with Gasteiger partial charge in [-0.2, -0.15) is 0 Å². The molecule has 4 heteroatoms. The highest BCUT2D eigenvalue weighted by Crippen LogP contribution is 2.48. The molecule has 0 aliphatic heterocycles. The van der Waals surface area contributed by atoms with Gasteiger partial charge in [-0.15, -0.1) is 0 Å². The molecular formula is C18H29N3O. The minimum atomic E-state index is 0.426. The quantitative estimate of drug-likeness (QED) is 0.441. The number of nitrogens with one attached hydrogen (secondary N) is 2. The first-order chi connectivity index (χ1) is 10.7. The van der Waals surface area contributed by atoms with E-state index in [1.54, 1.807) is 0 Å². The Kier molecular flexibility index (Phi) is 6.25. The number of hydrogen-bond acceptors (Lipinski definition) is 2. The van der Waals surface area contributed by atoms with Crippen LogP contribution in [0.4, 0.5) is 0 Å². The molecule has 0 bridgehead atoms. The summed E-state index contributed by atoms with van der Waals surface area (Å²) >= 11 is 0. The average molecular weight is 303 g/mol. The van der Waals surface area contributed by atoms with Crippen LogP contribution >= 0.6 is 0 Å². The molecule has 2 N–H and O–H groups in total. The molecule has 0 unspecified atom stereocenters. The summed E-state index contributed by atoms with van der Waals surface area (Å²) in [6, 6.07) is 8.44. The number of nitrogens with zero attached hydrogens (tertiary/aromatic N) is 1. The maximum Gasteiger partial charge on any atom is 0.191 e. The number of rotatable bonds is 8. The molecule has 0 aromatic heterocycles. The molecule has 0 spiro atoms. The largest absolute Gasteiger partial charge is 0.382 e. The highest BCUT2D eigenvalue weighted by molar-refractivity contribution is 5.79. The zero-order valence-corrected chi connectivity index (χ0v) is 14.1. The molecule has 0 atom stereocenters. The van der Waals surface area contributed by atoms with Crippen molar-refractivity contribution < 1.29 is 4.74 Å². The normalized spacial score (nSPS) is 16.4. The van der Waals surface area contributed by atoms with Crippen LogP contribution in [0.25, 0.3) is 0 Å². The topological polar surface area (TPSA) is 45.6 Å². The van der Waals surface area contributed by atoms with Crippen LogP contribution < -0.4 is 10.6 Å². The number of aryl methyl sites for hydroxylation is 1. The first-order valence-electron chi connectivity index (χ1n) is 8.26. The van der Waals surface area contributed by atoms with E-state index in [0.717, 1.165) is 38.7 Å². The van der Waals surface area contributed by atoms with Crippen LogP contribution in [0, 0.1) is 12.3 Å². The Morgan fingerprint density at radius 1 is 1.27 bits per heavy atom. The smallest absolute Gasteiger partial charge is 0.191 e. The lowest BCUT2D eigenvalue weighted by atomic mass is 10.0. The highest BCUT2D eigenvalue weighted by Gasteiger charge is 2.41. The van der Waals surface area contributed by atoms with Gasteiger partial charge in [0.2, 0.25) is 0 Å². The Morgan fingerprint density at radius 2 is 2.05 bits per heavy atom. The van der Waals surface area contributed by atoms with Gasteiger partial charge in [-0.05, 0) is 49.7 Å². The Hall–Kier alpha value is -1.55. The first kappa shape index (κ1) is 16.8. The summed E-state index contributed by atoms with van der Waals surface area (Å²) in [5.74, 6) is 0.880. The Balaban J connectivity index is 1.75. The van der Waals surface area contributed by atoms with Crippen LogP contribution in [0.5, 0.6) is 0 Å². The molecule has 0 amide bonds. The van der Waals surface area contributed by atoms with Crippen molar-refractivity contribution in [1.82, 2.24) is 10.6 Å². The van der Waals surface area contributed by atoms with Crippen LogP contribution in [0.3, 0.4) is 0 Å². The molecule has 0 saturated heterocycles. The maximum absolute atomic E-state index is 5.49. The monoisotopic (exact) mass is 303 g/mol. The minimum absolute atomic E-state index is 0.426. The number of guanidine groups is 1. The highest BCUT2D eigenvalue weighted by atomic mass is 16.5. The zero-order valence-electron chi connectivity index (χ0n) is 14.1. The summed E-state index contributed by atoms with van der Waals surface area (Å²) in [5.41, 5.74) is 3.04. The van der Waals surface area contributed by atoms with Gasteiger partial charge in [0, 0.05) is 33.4 Å². The van der Waals surface area contributed by atoms with E-state index in [1.165, 1.54) is 24.0 Å². The third-order valence-corrected chi connectivity index (χ3v) is 4.50. The zero-order chi connectivity index (χ0) is 15.8. The summed E-state index contributed by atoms with van der Waals surface area (Å²) < 4.78 is 5.49. The fourth-order valence-corrected chi connectivity index (χ4v) is 2.60. The van der Waals surface area contributed by atoms with Crippen molar-refractivity contribution in [2.75, 3.05) is 26.8 Å². The van der Waals surface area contributed by atoms with Gasteiger partial charge >= 0.3 is 0 Å². The SMILES string of the molecule is CCOCCC1(CNC(=NC)NCc2ccccc2C)CC1. The van der Waals surface area contributed by atoms with Crippen molar-refractivity contribution in [2.24, 2.45) is 10.4 Å². The molecule has 1 aliphatic carbocycles. The summed E-state index contributed by atoms with van der Waals surface area (Å²) in [5, 5.41) is 6.87. The Labute approximate surface area is 134 Å². The number of hydrogen-bond donors (Lipinski definition) is 2. The molecule has 4 nitrogen and oxygen atoms in total. The second-order valence-corrected chi connectivity index (χ2v) is 6.15. The number of aliphatic imine (C=N–C) groups is 1. The molecule has 0 heterocycles. The molecule has 22 heavy (non-hydrogen) atoms. The molecular weight excluding hydrogens is 274 g/mol. The van der Waals surface area contributed by atoms with Gasteiger partial charge in [0.15, 0.2) is 5.96 Å². The van der Waals surface area contributed by atoms with Crippen molar-refractivity contribution in [3.8, 4) is 0 Å². The average Bonchev–Trinajstić information content (AvgIpc) is 3.29. The van der Waals surface area contributed by atoms with E-state index in [1.807, 2.05) is 7.05 Å². The number of ether oxygens (including phenoxy) is 1. The van der Waals surface area contributed by atoms with Gasteiger partial charge in [-0.25, -0.2) is 0 Å². The van der Waals surface area contributed by atoms with Gasteiger partial charge < -0.3 is 15.4 Å². The number of benzene rings is 1. The molecule has 122 valence electrons. The van der Waals surface area contributed by atoms with Gasteiger partial charge in [-0.3, -0.25) is 4.99 Å². The van der Waals surface area contributed by atoms with Crippen LogP contribution in [-0.4, -0.2) is 32.8 Å². The van der Waals surface area contributed by atoms with Gasteiger partial charge in [0.25, 0.3) is 0 Å². The molecule has 1 saturated carbocycles. The van der Waals surface area contributed by atoms with Crippen LogP contribution in [-0.2, 0) is 11.3 Å². The van der Waals surface area contributed by atoms with E-state index in [0.29, 0.717) is 5.41 Å². The molecule has 1 aromatic rings. The lowest BCUT2D eigenvalue weighted by Gasteiger charge is -2.19. The predicted molar refractivity (Wildman–Crippen MR) is 92.2 cm³/mol. The van der Waals surface area contributed by atoms with E-state index in [4.69, 9.17) is 4.74 Å². The van der Waals surface area contributed by atoms with Gasteiger partial charge in [-0.1, -0.05) is 24.3 Å². The third kappa shape index (κ3) is 5.02. The lowest BCUT2D eigenvalue weighted by molar-refractivity contribution is 0.128. The van der Waals surface area contributed by atoms with Crippen LogP contribution in [0.1, 0.15) is 37.3 Å². The molecule has 2 rings (SSSR count). The second-order valence-electron chi connectivity index (χ2n) is 6.15. The van der Waals surface area contributed by atoms with Gasteiger partial charge in [0.05, 0.1) is 0 Å². The predicted octanol–water partition coefficient (Wildman–Crippen LogP) is 2.87. The fourth-order valence-electron chi connectivity index (χ4n) is 2.60. The summed E-state index contributed by atoms with van der Waals surface area (Å²) in [6.45, 7) is 7.65. The summed E-state index contributed by atoms with van der Waals surface area (Å²) in [6.07, 6.45) is 3.73. The van der Waals surface area contributed by atoms with E-state index in [-0.39, 0.29) is 0 Å². The summed E-state index contributed by atoms with van der Waals surface area (Å²) in [4.78, 5) is 4.32. The van der Waals surface area contributed by atoms with E-state index in [2.05, 4.69) is 53.7 Å². The van der Waals surface area contributed by atoms with Crippen molar-refractivity contribution in [3.63, 3.8) is 0 Å². The van der Waals surface area contributed by atoms with Crippen molar-refractivity contribution in [2.45, 2.75) is 39.7 Å². The summed E-state index contributed by atoms with van der Waals surface area (Å²) in [7, 11) is 1.83. The molecule has 0 radical (unpaired) electrons. The van der Waals surface area contributed by atoms with Gasteiger partial charge in [0.1, 0.15) is 0 Å². The van der Waals surface area contributed by atoms with E-state index in [9.17, 15) is 0 Å². The Morgan fingerprint density at radius 3 is 2.68 bits per heavy atom. The van der Waals surface area contributed by atoms with Crippen molar-refractivity contribution >= 4 is 5.96 Å². The third-order valence-electron chi connectivity index (χ3n) is 4.50. The van der Waals surface area contributed by atoms with Crippen molar-refractivity contribution in [1.29, 1.82) is 0 Å².